The van der Waals surface area contributed by atoms with Crippen LogP contribution in [0.2, 0.25) is 0 Å². The SMILES string of the molecule is CC(C)CN(C(=O)c1c[nH]ccc1=O)C(C)C. The van der Waals surface area contributed by atoms with Crippen LogP contribution in [-0.4, -0.2) is 28.4 Å². The van der Waals surface area contributed by atoms with Gasteiger partial charge in [0.05, 0.1) is 0 Å². The lowest BCUT2D eigenvalue weighted by molar-refractivity contribution is 0.0680. The predicted octanol–water partition coefficient (Wildman–Crippen LogP) is 1.88. The van der Waals surface area contributed by atoms with Gasteiger partial charge in [-0.25, -0.2) is 0 Å². The largest absolute Gasteiger partial charge is 0.367 e. The third-order valence-electron chi connectivity index (χ3n) is 2.50. The third-order valence-corrected chi connectivity index (χ3v) is 2.50. The van der Waals surface area contributed by atoms with Gasteiger partial charge in [-0.15, -0.1) is 0 Å². The molecule has 1 aromatic rings. The normalized spacial score (nSPS) is 10.9. The Kier molecular flexibility index (Phi) is 4.49. The van der Waals surface area contributed by atoms with Crippen molar-refractivity contribution in [1.29, 1.82) is 0 Å². The predicted molar refractivity (Wildman–Crippen MR) is 68.1 cm³/mol. The molecular weight excluding hydrogens is 216 g/mol. The van der Waals surface area contributed by atoms with E-state index >= 15 is 0 Å². The molecule has 0 saturated heterocycles. The van der Waals surface area contributed by atoms with Crippen molar-refractivity contribution in [1.82, 2.24) is 9.88 Å². The van der Waals surface area contributed by atoms with E-state index < -0.39 is 0 Å². The van der Waals surface area contributed by atoms with Gasteiger partial charge in [0.1, 0.15) is 5.56 Å². The molecule has 1 rings (SSSR count). The van der Waals surface area contributed by atoms with Gasteiger partial charge in [0, 0.05) is 31.0 Å². The minimum absolute atomic E-state index is 0.0875. The highest BCUT2D eigenvalue weighted by atomic mass is 16.2. The second-order valence-corrected chi connectivity index (χ2v) is 4.87. The van der Waals surface area contributed by atoms with E-state index in [0.717, 1.165) is 0 Å². The fourth-order valence-corrected chi connectivity index (χ4v) is 1.66. The van der Waals surface area contributed by atoms with E-state index in [9.17, 15) is 9.59 Å². The molecule has 0 spiro atoms. The lowest BCUT2D eigenvalue weighted by Crippen LogP contribution is -2.41. The van der Waals surface area contributed by atoms with Crippen LogP contribution in [0.3, 0.4) is 0 Å². The Bertz CT molecular complexity index is 435. The summed E-state index contributed by atoms with van der Waals surface area (Å²) in [4.78, 5) is 28.4. The number of nitrogens with one attached hydrogen (secondary N) is 1. The highest BCUT2D eigenvalue weighted by Gasteiger charge is 2.21. The zero-order valence-electron chi connectivity index (χ0n) is 10.9. The highest BCUT2D eigenvalue weighted by Crippen LogP contribution is 2.08. The van der Waals surface area contributed by atoms with Gasteiger partial charge in [-0.1, -0.05) is 13.8 Å². The van der Waals surface area contributed by atoms with Crippen molar-refractivity contribution in [3.05, 3.63) is 34.2 Å². The fourth-order valence-electron chi connectivity index (χ4n) is 1.66. The first-order valence-corrected chi connectivity index (χ1v) is 5.91. The summed E-state index contributed by atoms with van der Waals surface area (Å²) in [5.74, 6) is 0.180. The molecule has 1 aromatic heterocycles. The third kappa shape index (κ3) is 3.44. The Labute approximate surface area is 102 Å². The molecule has 1 N–H and O–H groups in total. The number of hydrogen-bond donors (Lipinski definition) is 1. The van der Waals surface area contributed by atoms with Gasteiger partial charge in [-0.2, -0.15) is 0 Å². The maximum atomic E-state index is 12.2. The van der Waals surface area contributed by atoms with Crippen molar-refractivity contribution in [2.45, 2.75) is 33.7 Å². The molecule has 94 valence electrons. The van der Waals surface area contributed by atoms with E-state index in [-0.39, 0.29) is 22.9 Å². The van der Waals surface area contributed by atoms with Gasteiger partial charge in [0.25, 0.3) is 5.91 Å². The van der Waals surface area contributed by atoms with Crippen LogP contribution in [0.4, 0.5) is 0 Å². The maximum absolute atomic E-state index is 12.2. The van der Waals surface area contributed by atoms with Crippen molar-refractivity contribution in [2.24, 2.45) is 5.92 Å². The topological polar surface area (TPSA) is 53.2 Å². The molecule has 17 heavy (non-hydrogen) atoms. The molecule has 0 radical (unpaired) electrons. The quantitative estimate of drug-likeness (QED) is 0.867. The van der Waals surface area contributed by atoms with Crippen LogP contribution in [0.1, 0.15) is 38.1 Å². The van der Waals surface area contributed by atoms with Crippen LogP contribution in [0.15, 0.2) is 23.3 Å². The number of aromatic nitrogens is 1. The Hall–Kier alpha value is -1.58. The smallest absolute Gasteiger partial charge is 0.259 e. The van der Waals surface area contributed by atoms with Crippen LogP contribution >= 0.6 is 0 Å². The lowest BCUT2D eigenvalue weighted by Gasteiger charge is -2.28. The molecule has 0 bridgehead atoms. The molecular formula is C13H20N2O2. The average molecular weight is 236 g/mol. The number of carbonyl (C=O) groups excluding carboxylic acids is 1. The second-order valence-electron chi connectivity index (χ2n) is 4.87. The summed E-state index contributed by atoms with van der Waals surface area (Å²) < 4.78 is 0. The maximum Gasteiger partial charge on any atom is 0.259 e. The molecule has 0 unspecified atom stereocenters. The van der Waals surface area contributed by atoms with E-state index in [1.807, 2.05) is 13.8 Å². The zero-order valence-corrected chi connectivity index (χ0v) is 10.9. The van der Waals surface area contributed by atoms with Crippen LogP contribution in [-0.2, 0) is 0 Å². The summed E-state index contributed by atoms with van der Waals surface area (Å²) in [5.41, 5.74) is -0.0231. The molecule has 0 aliphatic carbocycles. The minimum atomic E-state index is -0.233. The number of nitrogens with zero attached hydrogens (tertiary/aromatic N) is 1. The van der Waals surface area contributed by atoms with E-state index in [4.69, 9.17) is 0 Å². The molecule has 4 nitrogen and oxygen atoms in total. The van der Waals surface area contributed by atoms with Crippen molar-refractivity contribution < 1.29 is 4.79 Å². The first-order chi connectivity index (χ1) is 7.93. The van der Waals surface area contributed by atoms with Gasteiger partial charge >= 0.3 is 0 Å². The van der Waals surface area contributed by atoms with E-state index in [2.05, 4.69) is 18.8 Å². The van der Waals surface area contributed by atoms with Crippen molar-refractivity contribution >= 4 is 5.91 Å². The van der Waals surface area contributed by atoms with Crippen molar-refractivity contribution in [3.63, 3.8) is 0 Å². The molecule has 0 atom stereocenters. The van der Waals surface area contributed by atoms with Gasteiger partial charge < -0.3 is 9.88 Å². The van der Waals surface area contributed by atoms with Gasteiger partial charge in [0.15, 0.2) is 5.43 Å². The second kappa shape index (κ2) is 5.66. The molecule has 0 aliphatic heterocycles. The number of pyridine rings is 1. The zero-order chi connectivity index (χ0) is 13.0. The number of rotatable bonds is 4. The molecule has 4 heteroatoms. The summed E-state index contributed by atoms with van der Waals surface area (Å²) in [6, 6.07) is 1.46. The van der Waals surface area contributed by atoms with Crippen molar-refractivity contribution in [3.8, 4) is 0 Å². The van der Waals surface area contributed by atoms with E-state index in [0.29, 0.717) is 12.5 Å². The molecule has 0 fully saturated rings. The fraction of sp³-hybridized carbons (Fsp3) is 0.538. The van der Waals surface area contributed by atoms with Crippen LogP contribution in [0.5, 0.6) is 0 Å². The first-order valence-electron chi connectivity index (χ1n) is 5.91. The summed E-state index contributed by atoms with van der Waals surface area (Å²) in [7, 11) is 0. The molecule has 1 heterocycles. The average Bonchev–Trinajstić information content (AvgIpc) is 2.25. The summed E-state index contributed by atoms with van der Waals surface area (Å²) in [5, 5.41) is 0. The lowest BCUT2D eigenvalue weighted by atomic mass is 10.1. The van der Waals surface area contributed by atoms with Gasteiger partial charge in [0.2, 0.25) is 0 Å². The first kappa shape index (κ1) is 13.5. The van der Waals surface area contributed by atoms with Crippen LogP contribution in [0, 0.1) is 5.92 Å². The Balaban J connectivity index is 3.00. The number of carbonyl (C=O) groups is 1. The number of aromatic amines is 1. The molecule has 0 aromatic carbocycles. The Morgan fingerprint density at radius 3 is 2.47 bits per heavy atom. The van der Waals surface area contributed by atoms with Gasteiger partial charge in [-0.3, -0.25) is 9.59 Å². The monoisotopic (exact) mass is 236 g/mol. The minimum Gasteiger partial charge on any atom is -0.367 e. The number of amides is 1. The number of H-pyrrole nitrogens is 1. The summed E-state index contributed by atoms with van der Waals surface area (Å²) >= 11 is 0. The van der Waals surface area contributed by atoms with E-state index in [1.54, 1.807) is 4.90 Å². The van der Waals surface area contributed by atoms with Crippen LogP contribution < -0.4 is 5.43 Å². The summed E-state index contributed by atoms with van der Waals surface area (Å²) in [6.45, 7) is 8.68. The molecule has 0 saturated carbocycles. The Morgan fingerprint density at radius 2 is 2.00 bits per heavy atom. The van der Waals surface area contributed by atoms with Crippen molar-refractivity contribution in [2.75, 3.05) is 6.54 Å². The number of hydrogen-bond acceptors (Lipinski definition) is 2. The summed E-state index contributed by atoms with van der Waals surface area (Å²) in [6.07, 6.45) is 3.00. The van der Waals surface area contributed by atoms with Crippen LogP contribution in [0.25, 0.3) is 0 Å². The van der Waals surface area contributed by atoms with Gasteiger partial charge in [-0.05, 0) is 19.8 Å². The molecule has 0 aliphatic rings. The standard InChI is InChI=1S/C13H20N2O2/c1-9(2)8-15(10(3)4)13(17)11-7-14-6-5-12(11)16/h5-7,9-10H,8H2,1-4H3,(H,14,16). The van der Waals surface area contributed by atoms with E-state index in [1.165, 1.54) is 18.5 Å². The molecule has 1 amide bonds. The highest BCUT2D eigenvalue weighted by molar-refractivity contribution is 5.93. The Morgan fingerprint density at radius 1 is 1.35 bits per heavy atom.